The Kier molecular flexibility index (Phi) is 5.73. The molecule has 6 heteroatoms. The molecule has 1 amide bonds. The van der Waals surface area contributed by atoms with Gasteiger partial charge in [0.05, 0.1) is 32.4 Å². The molecule has 0 spiro atoms. The van der Waals surface area contributed by atoms with Gasteiger partial charge in [-0.2, -0.15) is 0 Å². The van der Waals surface area contributed by atoms with E-state index in [2.05, 4.69) is 4.98 Å². The van der Waals surface area contributed by atoms with E-state index >= 15 is 0 Å². The second-order valence-corrected chi connectivity index (χ2v) is 6.54. The number of rotatable bonds is 5. The Morgan fingerprint density at radius 1 is 1.31 bits per heavy atom. The second kappa shape index (κ2) is 8.19. The maximum atomic E-state index is 12.7. The van der Waals surface area contributed by atoms with Gasteiger partial charge in [0.1, 0.15) is 17.7 Å². The molecule has 0 bridgehead atoms. The molecule has 0 saturated carbocycles. The fourth-order valence-corrected chi connectivity index (χ4v) is 2.99. The van der Waals surface area contributed by atoms with Gasteiger partial charge in [0.15, 0.2) is 0 Å². The van der Waals surface area contributed by atoms with Crippen molar-refractivity contribution in [1.82, 2.24) is 9.88 Å². The van der Waals surface area contributed by atoms with Gasteiger partial charge < -0.3 is 19.3 Å². The van der Waals surface area contributed by atoms with Crippen LogP contribution in [0.25, 0.3) is 0 Å². The Balaban J connectivity index is 1.67. The number of anilines is 1. The molecule has 1 unspecified atom stereocenters. The molecule has 1 aromatic carbocycles. The number of amides is 1. The molecule has 2 aromatic rings. The molecule has 26 heavy (non-hydrogen) atoms. The molecular weight excluding hydrogens is 330 g/mol. The zero-order chi connectivity index (χ0) is 18.5. The van der Waals surface area contributed by atoms with E-state index in [1.54, 1.807) is 7.11 Å². The number of morpholine rings is 1. The van der Waals surface area contributed by atoms with Crippen LogP contribution in [0.15, 0.2) is 42.5 Å². The summed E-state index contributed by atoms with van der Waals surface area (Å²) < 4.78 is 11.1. The summed E-state index contributed by atoms with van der Waals surface area (Å²) in [6.45, 7) is 1.64. The Hall–Kier alpha value is -2.60. The molecule has 0 aliphatic carbocycles. The van der Waals surface area contributed by atoms with E-state index in [1.807, 2.05) is 66.4 Å². The van der Waals surface area contributed by atoms with Crippen LogP contribution in [0.2, 0.25) is 0 Å². The SMILES string of the molecule is COc1cccc(CC(=O)N2CCOC(c3cccc(N(C)C)n3)C2)c1. The fraction of sp³-hybridized carbons (Fsp3) is 0.400. The van der Waals surface area contributed by atoms with Crippen molar-refractivity contribution in [2.75, 3.05) is 45.8 Å². The van der Waals surface area contributed by atoms with E-state index in [4.69, 9.17) is 9.47 Å². The second-order valence-electron chi connectivity index (χ2n) is 6.54. The van der Waals surface area contributed by atoms with E-state index in [-0.39, 0.29) is 12.0 Å². The summed E-state index contributed by atoms with van der Waals surface area (Å²) in [4.78, 5) is 21.2. The van der Waals surface area contributed by atoms with Gasteiger partial charge in [-0.3, -0.25) is 4.79 Å². The van der Waals surface area contributed by atoms with E-state index in [0.29, 0.717) is 26.1 Å². The highest BCUT2D eigenvalue weighted by molar-refractivity contribution is 5.79. The number of carbonyl (C=O) groups excluding carboxylic acids is 1. The quantitative estimate of drug-likeness (QED) is 0.824. The van der Waals surface area contributed by atoms with Crippen LogP contribution in [0.4, 0.5) is 5.82 Å². The van der Waals surface area contributed by atoms with Crippen LogP contribution in [0.3, 0.4) is 0 Å². The van der Waals surface area contributed by atoms with Crippen LogP contribution in [-0.2, 0) is 16.0 Å². The largest absolute Gasteiger partial charge is 0.497 e. The van der Waals surface area contributed by atoms with E-state index in [0.717, 1.165) is 22.8 Å². The van der Waals surface area contributed by atoms with Crippen molar-refractivity contribution in [1.29, 1.82) is 0 Å². The summed E-state index contributed by atoms with van der Waals surface area (Å²) in [5, 5.41) is 0. The minimum Gasteiger partial charge on any atom is -0.497 e. The van der Waals surface area contributed by atoms with Gasteiger partial charge >= 0.3 is 0 Å². The Morgan fingerprint density at radius 3 is 2.88 bits per heavy atom. The van der Waals surface area contributed by atoms with Crippen LogP contribution in [-0.4, -0.2) is 56.7 Å². The first-order chi connectivity index (χ1) is 12.6. The first-order valence-electron chi connectivity index (χ1n) is 8.73. The number of methoxy groups -OCH3 is 1. The number of aromatic nitrogens is 1. The topological polar surface area (TPSA) is 54.9 Å². The van der Waals surface area contributed by atoms with Gasteiger partial charge in [-0.15, -0.1) is 0 Å². The third-order valence-electron chi connectivity index (χ3n) is 4.45. The lowest BCUT2D eigenvalue weighted by molar-refractivity contribution is -0.138. The maximum absolute atomic E-state index is 12.7. The molecule has 138 valence electrons. The Bertz CT molecular complexity index is 763. The molecule has 1 aromatic heterocycles. The predicted molar refractivity (Wildman–Crippen MR) is 101 cm³/mol. The smallest absolute Gasteiger partial charge is 0.227 e. The van der Waals surface area contributed by atoms with Crippen molar-refractivity contribution in [2.45, 2.75) is 12.5 Å². The molecule has 1 saturated heterocycles. The molecule has 1 fully saturated rings. The zero-order valence-electron chi connectivity index (χ0n) is 15.5. The molecule has 1 aliphatic heterocycles. The molecular formula is C20H25N3O3. The first kappa shape index (κ1) is 18.2. The lowest BCUT2D eigenvalue weighted by Gasteiger charge is -2.33. The number of carbonyl (C=O) groups is 1. The number of nitrogens with zero attached hydrogens (tertiary/aromatic N) is 3. The van der Waals surface area contributed by atoms with Crippen molar-refractivity contribution in [3.05, 3.63) is 53.7 Å². The molecule has 3 rings (SSSR count). The van der Waals surface area contributed by atoms with Crippen molar-refractivity contribution in [3.63, 3.8) is 0 Å². The van der Waals surface area contributed by atoms with Crippen LogP contribution in [0.1, 0.15) is 17.4 Å². The minimum absolute atomic E-state index is 0.0929. The summed E-state index contributed by atoms with van der Waals surface area (Å²) >= 11 is 0. The number of pyridine rings is 1. The minimum atomic E-state index is -0.196. The lowest BCUT2D eigenvalue weighted by atomic mass is 10.1. The van der Waals surface area contributed by atoms with Gasteiger partial charge in [0, 0.05) is 20.6 Å². The number of hydrogen-bond acceptors (Lipinski definition) is 5. The highest BCUT2D eigenvalue weighted by Gasteiger charge is 2.26. The standard InChI is InChI=1S/C20H25N3O3/c1-22(2)19-9-5-8-17(21-19)18-14-23(10-11-26-18)20(24)13-15-6-4-7-16(12-15)25-3/h4-9,12,18H,10-11,13-14H2,1-3H3. The van der Waals surface area contributed by atoms with Gasteiger partial charge in [-0.1, -0.05) is 18.2 Å². The maximum Gasteiger partial charge on any atom is 0.227 e. The number of hydrogen-bond donors (Lipinski definition) is 0. The molecule has 6 nitrogen and oxygen atoms in total. The normalized spacial score (nSPS) is 17.0. The third-order valence-corrected chi connectivity index (χ3v) is 4.45. The molecule has 1 atom stereocenters. The van der Waals surface area contributed by atoms with Crippen molar-refractivity contribution in [2.24, 2.45) is 0 Å². The number of benzene rings is 1. The molecule has 0 radical (unpaired) electrons. The van der Waals surface area contributed by atoms with E-state index in [1.165, 1.54) is 0 Å². The Morgan fingerprint density at radius 2 is 2.12 bits per heavy atom. The summed E-state index contributed by atoms with van der Waals surface area (Å²) in [5.41, 5.74) is 1.81. The molecule has 0 N–H and O–H groups in total. The number of ether oxygens (including phenoxy) is 2. The van der Waals surface area contributed by atoms with Gasteiger partial charge in [0.25, 0.3) is 0 Å². The highest BCUT2D eigenvalue weighted by atomic mass is 16.5. The van der Waals surface area contributed by atoms with Gasteiger partial charge in [0.2, 0.25) is 5.91 Å². The van der Waals surface area contributed by atoms with Crippen LogP contribution >= 0.6 is 0 Å². The average Bonchev–Trinajstić information content (AvgIpc) is 2.68. The average molecular weight is 355 g/mol. The van der Waals surface area contributed by atoms with Crippen LogP contribution in [0, 0.1) is 0 Å². The highest BCUT2D eigenvalue weighted by Crippen LogP contribution is 2.23. The van der Waals surface area contributed by atoms with Crippen molar-refractivity contribution in [3.8, 4) is 5.75 Å². The van der Waals surface area contributed by atoms with Crippen molar-refractivity contribution < 1.29 is 14.3 Å². The van der Waals surface area contributed by atoms with E-state index < -0.39 is 0 Å². The fourth-order valence-electron chi connectivity index (χ4n) is 2.99. The van der Waals surface area contributed by atoms with Gasteiger partial charge in [-0.05, 0) is 29.8 Å². The van der Waals surface area contributed by atoms with E-state index in [9.17, 15) is 4.79 Å². The zero-order valence-corrected chi connectivity index (χ0v) is 15.5. The lowest BCUT2D eigenvalue weighted by Crippen LogP contribution is -2.43. The van der Waals surface area contributed by atoms with Crippen LogP contribution in [0.5, 0.6) is 5.75 Å². The van der Waals surface area contributed by atoms with Crippen LogP contribution < -0.4 is 9.64 Å². The van der Waals surface area contributed by atoms with Gasteiger partial charge in [-0.25, -0.2) is 4.98 Å². The monoisotopic (exact) mass is 355 g/mol. The predicted octanol–water partition coefficient (Wildman–Crippen LogP) is 2.30. The summed E-state index contributed by atoms with van der Waals surface area (Å²) in [7, 11) is 5.54. The first-order valence-corrected chi connectivity index (χ1v) is 8.73. The summed E-state index contributed by atoms with van der Waals surface area (Å²) in [6.07, 6.45) is 0.160. The third kappa shape index (κ3) is 4.32. The Labute approximate surface area is 154 Å². The van der Waals surface area contributed by atoms with Crippen molar-refractivity contribution >= 4 is 11.7 Å². The molecule has 2 heterocycles. The summed E-state index contributed by atoms with van der Waals surface area (Å²) in [6, 6.07) is 13.5. The summed E-state index contributed by atoms with van der Waals surface area (Å²) in [5.74, 6) is 1.74. The molecule has 1 aliphatic rings.